The first-order chi connectivity index (χ1) is 11.6. The summed E-state index contributed by atoms with van der Waals surface area (Å²) < 4.78 is 5.60. The Morgan fingerprint density at radius 3 is 2.88 bits per heavy atom. The second-order valence-corrected chi connectivity index (χ2v) is 6.75. The van der Waals surface area contributed by atoms with Crippen molar-refractivity contribution in [2.45, 2.75) is 32.4 Å². The SMILES string of the molecule is C[C@@H]1Oc2ccccc2N(CCC(=O)N[C@@H](C)c2cccs2)C1=O. The van der Waals surface area contributed by atoms with Crippen LogP contribution in [0, 0.1) is 0 Å². The topological polar surface area (TPSA) is 58.6 Å². The van der Waals surface area contributed by atoms with Crippen molar-refractivity contribution >= 4 is 28.8 Å². The van der Waals surface area contributed by atoms with Gasteiger partial charge in [0, 0.05) is 17.8 Å². The summed E-state index contributed by atoms with van der Waals surface area (Å²) in [5.74, 6) is 0.491. The zero-order chi connectivity index (χ0) is 17.1. The number of nitrogens with zero attached hydrogens (tertiary/aromatic N) is 1. The van der Waals surface area contributed by atoms with Gasteiger partial charge in [0.1, 0.15) is 5.75 Å². The first-order valence-electron chi connectivity index (χ1n) is 7.96. The fourth-order valence-electron chi connectivity index (χ4n) is 2.73. The molecular weight excluding hydrogens is 324 g/mol. The summed E-state index contributed by atoms with van der Waals surface area (Å²) in [6, 6.07) is 11.3. The van der Waals surface area contributed by atoms with Crippen LogP contribution in [0.5, 0.6) is 5.75 Å². The van der Waals surface area contributed by atoms with E-state index >= 15 is 0 Å². The highest BCUT2D eigenvalue weighted by Crippen LogP contribution is 2.33. The third-order valence-electron chi connectivity index (χ3n) is 3.98. The lowest BCUT2D eigenvalue weighted by atomic mass is 10.1. The highest BCUT2D eigenvalue weighted by molar-refractivity contribution is 7.10. The van der Waals surface area contributed by atoms with Gasteiger partial charge in [-0.15, -0.1) is 11.3 Å². The maximum atomic E-state index is 12.4. The molecule has 0 spiro atoms. The smallest absolute Gasteiger partial charge is 0.267 e. The molecule has 0 bridgehead atoms. The van der Waals surface area contributed by atoms with Crippen LogP contribution in [0.3, 0.4) is 0 Å². The van der Waals surface area contributed by atoms with Gasteiger partial charge < -0.3 is 15.0 Å². The van der Waals surface area contributed by atoms with Gasteiger partial charge in [-0.25, -0.2) is 0 Å². The number of ether oxygens (including phenoxy) is 1. The molecule has 0 fully saturated rings. The summed E-state index contributed by atoms with van der Waals surface area (Å²) >= 11 is 1.61. The minimum atomic E-state index is -0.534. The maximum Gasteiger partial charge on any atom is 0.267 e. The molecule has 0 aliphatic carbocycles. The Morgan fingerprint density at radius 1 is 1.33 bits per heavy atom. The van der Waals surface area contributed by atoms with Gasteiger partial charge >= 0.3 is 0 Å². The van der Waals surface area contributed by atoms with Crippen molar-refractivity contribution in [3.63, 3.8) is 0 Å². The van der Waals surface area contributed by atoms with Crippen molar-refractivity contribution in [3.8, 4) is 5.75 Å². The Labute approximate surface area is 145 Å². The lowest BCUT2D eigenvalue weighted by Gasteiger charge is -2.32. The predicted molar refractivity (Wildman–Crippen MR) is 94.4 cm³/mol. The summed E-state index contributed by atoms with van der Waals surface area (Å²) in [6.07, 6.45) is -0.282. The zero-order valence-corrected chi connectivity index (χ0v) is 14.5. The number of hydrogen-bond acceptors (Lipinski definition) is 4. The molecule has 1 aromatic heterocycles. The number of fused-ring (bicyclic) bond motifs is 1. The molecule has 2 aromatic rings. The summed E-state index contributed by atoms with van der Waals surface area (Å²) in [5.41, 5.74) is 0.722. The lowest BCUT2D eigenvalue weighted by Crippen LogP contribution is -2.45. The van der Waals surface area contributed by atoms with Crippen LogP contribution in [0.4, 0.5) is 5.69 Å². The van der Waals surface area contributed by atoms with E-state index in [2.05, 4.69) is 5.32 Å². The fraction of sp³-hybridized carbons (Fsp3) is 0.333. The number of rotatable bonds is 5. The predicted octanol–water partition coefficient (Wildman–Crippen LogP) is 3.13. The number of amides is 2. The standard InChI is InChI=1S/C18H20N2O3S/c1-12(16-8-5-11-24-16)19-17(21)9-10-20-14-6-3-4-7-15(14)23-13(2)18(20)22/h3-8,11-13H,9-10H2,1-2H3,(H,19,21)/t12-,13-/m0/s1. The second-order valence-electron chi connectivity index (χ2n) is 5.77. The van der Waals surface area contributed by atoms with E-state index < -0.39 is 6.10 Å². The van der Waals surface area contributed by atoms with E-state index in [1.165, 1.54) is 0 Å². The van der Waals surface area contributed by atoms with E-state index in [4.69, 9.17) is 4.74 Å². The third kappa shape index (κ3) is 3.43. The van der Waals surface area contributed by atoms with E-state index in [9.17, 15) is 9.59 Å². The average molecular weight is 344 g/mol. The van der Waals surface area contributed by atoms with Crippen molar-refractivity contribution in [2.75, 3.05) is 11.4 Å². The van der Waals surface area contributed by atoms with Gasteiger partial charge in [-0.2, -0.15) is 0 Å². The number of nitrogens with one attached hydrogen (secondary N) is 1. The van der Waals surface area contributed by atoms with E-state index in [1.807, 2.05) is 48.7 Å². The molecule has 2 heterocycles. The number of thiophene rings is 1. The molecule has 1 aromatic carbocycles. The molecule has 5 nitrogen and oxygen atoms in total. The first kappa shape index (κ1) is 16.5. The first-order valence-corrected chi connectivity index (χ1v) is 8.84. The Bertz CT molecular complexity index is 730. The van der Waals surface area contributed by atoms with Crippen LogP contribution < -0.4 is 15.0 Å². The Hall–Kier alpha value is -2.34. The zero-order valence-electron chi connectivity index (χ0n) is 13.7. The molecule has 0 unspecified atom stereocenters. The van der Waals surface area contributed by atoms with Crippen LogP contribution >= 0.6 is 11.3 Å². The van der Waals surface area contributed by atoms with Gasteiger partial charge in [0.15, 0.2) is 6.10 Å². The van der Waals surface area contributed by atoms with Gasteiger partial charge in [0.25, 0.3) is 5.91 Å². The number of anilines is 1. The minimum absolute atomic E-state index is 0.0240. The van der Waals surface area contributed by atoms with Crippen LogP contribution in [0.15, 0.2) is 41.8 Å². The molecule has 24 heavy (non-hydrogen) atoms. The Morgan fingerprint density at radius 2 is 2.12 bits per heavy atom. The normalized spacial score (nSPS) is 17.8. The Kier molecular flexibility index (Phi) is 4.85. The average Bonchev–Trinajstić information content (AvgIpc) is 3.10. The lowest BCUT2D eigenvalue weighted by molar-refractivity contribution is -0.125. The van der Waals surface area contributed by atoms with Crippen LogP contribution in [0.25, 0.3) is 0 Å². The molecule has 0 radical (unpaired) electrons. The van der Waals surface area contributed by atoms with Gasteiger partial charge in [-0.05, 0) is 37.4 Å². The summed E-state index contributed by atoms with van der Waals surface area (Å²) in [7, 11) is 0. The van der Waals surface area contributed by atoms with Crippen molar-refractivity contribution in [3.05, 3.63) is 46.7 Å². The van der Waals surface area contributed by atoms with Gasteiger partial charge in [0.2, 0.25) is 5.91 Å². The fourth-order valence-corrected chi connectivity index (χ4v) is 3.46. The highest BCUT2D eigenvalue weighted by atomic mass is 32.1. The molecule has 0 saturated heterocycles. The molecule has 0 saturated carbocycles. The Balaban J connectivity index is 1.63. The number of carbonyl (C=O) groups is 2. The van der Waals surface area contributed by atoms with Crippen LogP contribution in [0.1, 0.15) is 31.2 Å². The van der Waals surface area contributed by atoms with E-state index in [-0.39, 0.29) is 24.3 Å². The van der Waals surface area contributed by atoms with E-state index in [0.717, 1.165) is 10.6 Å². The number of carbonyl (C=O) groups excluding carboxylic acids is 2. The molecule has 2 atom stereocenters. The molecule has 6 heteroatoms. The van der Waals surface area contributed by atoms with Crippen molar-refractivity contribution in [2.24, 2.45) is 0 Å². The molecule has 1 aliphatic heterocycles. The summed E-state index contributed by atoms with van der Waals surface area (Å²) in [4.78, 5) is 27.3. The monoisotopic (exact) mass is 344 g/mol. The van der Waals surface area contributed by atoms with Gasteiger partial charge in [-0.3, -0.25) is 9.59 Å². The van der Waals surface area contributed by atoms with Crippen LogP contribution in [-0.2, 0) is 9.59 Å². The number of para-hydroxylation sites is 2. The van der Waals surface area contributed by atoms with Crippen molar-refractivity contribution in [1.82, 2.24) is 5.32 Å². The molecule has 3 rings (SSSR count). The minimum Gasteiger partial charge on any atom is -0.479 e. The number of hydrogen-bond donors (Lipinski definition) is 1. The van der Waals surface area contributed by atoms with Crippen LogP contribution in [-0.4, -0.2) is 24.5 Å². The van der Waals surface area contributed by atoms with E-state index in [1.54, 1.807) is 23.2 Å². The quantitative estimate of drug-likeness (QED) is 0.906. The maximum absolute atomic E-state index is 12.4. The largest absolute Gasteiger partial charge is 0.479 e. The second kappa shape index (κ2) is 7.05. The molecule has 1 N–H and O–H groups in total. The van der Waals surface area contributed by atoms with Gasteiger partial charge in [-0.1, -0.05) is 18.2 Å². The molecule has 2 amide bonds. The van der Waals surface area contributed by atoms with Gasteiger partial charge in [0.05, 0.1) is 11.7 Å². The van der Waals surface area contributed by atoms with Crippen LogP contribution in [0.2, 0.25) is 0 Å². The molecule has 1 aliphatic rings. The van der Waals surface area contributed by atoms with E-state index in [0.29, 0.717) is 12.3 Å². The number of benzene rings is 1. The summed E-state index contributed by atoms with van der Waals surface area (Å²) in [6.45, 7) is 4.03. The van der Waals surface area contributed by atoms with Crippen molar-refractivity contribution in [1.29, 1.82) is 0 Å². The molecule has 126 valence electrons. The van der Waals surface area contributed by atoms with Crippen molar-refractivity contribution < 1.29 is 14.3 Å². The molecular formula is C18H20N2O3S. The highest BCUT2D eigenvalue weighted by Gasteiger charge is 2.31. The summed E-state index contributed by atoms with van der Waals surface area (Å²) in [5, 5.41) is 4.96. The third-order valence-corrected chi connectivity index (χ3v) is 5.04.